The van der Waals surface area contributed by atoms with Gasteiger partial charge < -0.3 is 14.1 Å². The molecule has 0 bridgehead atoms. The molecule has 0 amide bonds. The number of ketones is 1. The molecule has 0 unspecified atom stereocenters. The van der Waals surface area contributed by atoms with Crippen molar-refractivity contribution in [2.75, 3.05) is 6.61 Å². The van der Waals surface area contributed by atoms with Crippen LogP contribution in [-0.2, 0) is 25.7 Å². The zero-order valence-electron chi connectivity index (χ0n) is 24.9. The second-order valence-corrected chi connectivity index (χ2v) is 10.7. The molecule has 0 saturated carbocycles. The summed E-state index contributed by atoms with van der Waals surface area (Å²) in [5.41, 5.74) is 5.95. The van der Waals surface area contributed by atoms with Crippen LogP contribution in [0.1, 0.15) is 39.5 Å². The Labute approximate surface area is 260 Å². The molecule has 0 aliphatic carbocycles. The molecule has 5 aromatic carbocycles. The van der Waals surface area contributed by atoms with Gasteiger partial charge in [-0.3, -0.25) is 4.79 Å². The summed E-state index contributed by atoms with van der Waals surface area (Å²) in [6.45, 7) is 7.29. The highest BCUT2D eigenvalue weighted by atomic mass is 16.7. The molecule has 7 nitrogen and oxygen atoms in total. The van der Waals surface area contributed by atoms with Gasteiger partial charge >= 0.3 is 11.9 Å². The van der Waals surface area contributed by atoms with Gasteiger partial charge in [-0.25, -0.2) is 9.59 Å². The summed E-state index contributed by atoms with van der Waals surface area (Å²) in [5.74, 6) is -1.10. The molecule has 7 heteroatoms. The summed E-state index contributed by atoms with van der Waals surface area (Å²) in [7, 11) is 0. The maximum Gasteiger partial charge on any atom is 0.332 e. The molecule has 222 valence electrons. The highest BCUT2D eigenvalue weighted by Crippen LogP contribution is 2.32. The van der Waals surface area contributed by atoms with Crippen LogP contribution in [0.2, 0.25) is 0 Å². The topological polar surface area (TPSA) is 87.0 Å². The number of carbonyl (C=O) groups excluding carboxylic acids is 3. The number of rotatable bonds is 9. The third-order valence-electron chi connectivity index (χ3n) is 7.80. The number of aromatic nitrogens is 1. The lowest BCUT2D eigenvalue weighted by atomic mass is 9.96. The number of aryl methyl sites for hydroxylation is 1. The fraction of sp³-hybridized carbons (Fsp3) is 0.105. The maximum absolute atomic E-state index is 13.8. The van der Waals surface area contributed by atoms with Crippen LogP contribution in [0.15, 0.2) is 121 Å². The first kappa shape index (κ1) is 29.3. The van der Waals surface area contributed by atoms with Crippen molar-refractivity contribution in [2.45, 2.75) is 20.4 Å². The van der Waals surface area contributed by atoms with E-state index in [1.165, 1.54) is 6.92 Å². The minimum absolute atomic E-state index is 0.0864. The van der Waals surface area contributed by atoms with Crippen molar-refractivity contribution in [1.29, 1.82) is 0 Å². The lowest BCUT2D eigenvalue weighted by Gasteiger charge is -2.11. The van der Waals surface area contributed by atoms with Crippen molar-refractivity contribution >= 4 is 56.0 Å². The van der Waals surface area contributed by atoms with Gasteiger partial charge in [-0.15, -0.1) is 0 Å². The van der Waals surface area contributed by atoms with Crippen LogP contribution < -0.4 is 0 Å². The molecule has 6 aromatic rings. The molecular weight excluding hydrogens is 564 g/mol. The maximum atomic E-state index is 13.8. The zero-order valence-corrected chi connectivity index (χ0v) is 24.9. The number of oxime groups is 1. The Morgan fingerprint density at radius 3 is 2.11 bits per heavy atom. The van der Waals surface area contributed by atoms with E-state index in [0.29, 0.717) is 23.4 Å². The highest BCUT2D eigenvalue weighted by Gasteiger charge is 2.18. The largest absolute Gasteiger partial charge is 0.461 e. The predicted molar refractivity (Wildman–Crippen MR) is 177 cm³/mol. The Morgan fingerprint density at radius 2 is 1.40 bits per heavy atom. The second-order valence-electron chi connectivity index (χ2n) is 10.7. The van der Waals surface area contributed by atoms with Crippen LogP contribution in [0, 0.1) is 6.92 Å². The van der Waals surface area contributed by atoms with E-state index < -0.39 is 11.9 Å². The predicted octanol–water partition coefficient (Wildman–Crippen LogP) is 7.53. The lowest BCUT2D eigenvalue weighted by molar-refractivity contribution is -0.141. The first-order valence-electron chi connectivity index (χ1n) is 14.5. The van der Waals surface area contributed by atoms with E-state index in [1.54, 1.807) is 0 Å². The number of carbonyl (C=O) groups is 3. The van der Waals surface area contributed by atoms with E-state index in [1.807, 2.05) is 110 Å². The quantitative estimate of drug-likeness (QED) is 0.0431. The van der Waals surface area contributed by atoms with Crippen molar-refractivity contribution < 1.29 is 24.0 Å². The average molecular weight is 595 g/mol. The summed E-state index contributed by atoms with van der Waals surface area (Å²) >= 11 is 0. The minimum atomic E-state index is -0.523. The normalized spacial score (nSPS) is 11.6. The van der Waals surface area contributed by atoms with Gasteiger partial charge in [0.2, 0.25) is 0 Å². The number of ether oxygens (including phenoxy) is 1. The van der Waals surface area contributed by atoms with Crippen LogP contribution in [0.3, 0.4) is 0 Å². The van der Waals surface area contributed by atoms with Crippen LogP contribution in [-0.4, -0.2) is 34.6 Å². The first-order valence-corrected chi connectivity index (χ1v) is 14.5. The van der Waals surface area contributed by atoms with Gasteiger partial charge in [0, 0.05) is 57.1 Å². The highest BCUT2D eigenvalue weighted by molar-refractivity contribution is 6.19. The van der Waals surface area contributed by atoms with Crippen molar-refractivity contribution in [2.24, 2.45) is 5.16 Å². The zero-order chi connectivity index (χ0) is 31.5. The number of nitrogens with zero attached hydrogens (tertiary/aromatic N) is 2. The van der Waals surface area contributed by atoms with E-state index in [2.05, 4.69) is 16.3 Å². The lowest BCUT2D eigenvalue weighted by Crippen LogP contribution is -2.10. The van der Waals surface area contributed by atoms with Gasteiger partial charge in [-0.2, -0.15) is 0 Å². The molecule has 0 aliphatic heterocycles. The summed E-state index contributed by atoms with van der Waals surface area (Å²) in [6.07, 6.45) is 1.14. The number of fused-ring (bicyclic) bond motifs is 4. The van der Waals surface area contributed by atoms with Crippen molar-refractivity contribution in [3.63, 3.8) is 0 Å². The van der Waals surface area contributed by atoms with Crippen LogP contribution in [0.25, 0.3) is 32.6 Å². The standard InChI is InChI=1S/C38H30N2O5/c1-4-36(42)44-20-19-40-34-17-15-28(37(39-45-25(3)41)31-12-8-5-9-24(31)2)22-32(34)33-23-30(16-18-35(33)40)38(43)29-14-13-26-10-6-7-11-27(26)21-29/h4-18,21-23H,1,19-20H2,2-3H3/b39-37-. The Hall–Kier alpha value is -5.82. The number of benzene rings is 5. The van der Waals surface area contributed by atoms with E-state index >= 15 is 0 Å². The van der Waals surface area contributed by atoms with Crippen LogP contribution in [0.4, 0.5) is 0 Å². The SMILES string of the molecule is C=CC(=O)OCCn1c2ccc(C(=O)c3ccc4ccccc4c3)cc2c2cc(/C(=N/OC(C)=O)c3ccccc3C)ccc21. The number of esters is 1. The summed E-state index contributed by atoms with van der Waals surface area (Å²) in [5, 5.41) is 8.03. The molecule has 0 fully saturated rings. The Morgan fingerprint density at radius 1 is 0.778 bits per heavy atom. The monoisotopic (exact) mass is 594 g/mol. The van der Waals surface area contributed by atoms with Crippen molar-refractivity contribution in [3.8, 4) is 0 Å². The van der Waals surface area contributed by atoms with Gasteiger partial charge in [0.05, 0.1) is 6.54 Å². The molecule has 45 heavy (non-hydrogen) atoms. The van der Waals surface area contributed by atoms with Gasteiger partial charge in [-0.05, 0) is 59.7 Å². The third-order valence-corrected chi connectivity index (χ3v) is 7.80. The number of hydrogen-bond donors (Lipinski definition) is 0. The molecule has 1 heterocycles. The van der Waals surface area contributed by atoms with E-state index in [9.17, 15) is 14.4 Å². The van der Waals surface area contributed by atoms with Gasteiger partial charge in [-0.1, -0.05) is 78.5 Å². The molecule has 0 saturated heterocycles. The minimum Gasteiger partial charge on any atom is -0.461 e. The molecule has 1 aromatic heterocycles. The van der Waals surface area contributed by atoms with Gasteiger partial charge in [0.15, 0.2) is 5.78 Å². The molecule has 0 N–H and O–H groups in total. The molecule has 0 radical (unpaired) electrons. The van der Waals surface area contributed by atoms with E-state index in [4.69, 9.17) is 9.57 Å². The molecule has 0 aliphatic rings. The van der Waals surface area contributed by atoms with E-state index in [-0.39, 0.29) is 12.4 Å². The fourth-order valence-electron chi connectivity index (χ4n) is 5.63. The van der Waals surface area contributed by atoms with Crippen molar-refractivity contribution in [1.82, 2.24) is 4.57 Å². The van der Waals surface area contributed by atoms with Gasteiger partial charge in [0.1, 0.15) is 12.3 Å². The third kappa shape index (κ3) is 5.88. The molecular formula is C38H30N2O5. The average Bonchev–Trinajstić information content (AvgIpc) is 3.36. The Bertz CT molecular complexity index is 2170. The molecule has 6 rings (SSSR count). The molecule has 0 spiro atoms. The van der Waals surface area contributed by atoms with Crippen LogP contribution >= 0.6 is 0 Å². The Kier molecular flexibility index (Phi) is 8.08. The van der Waals surface area contributed by atoms with Crippen LogP contribution in [0.5, 0.6) is 0 Å². The number of hydrogen-bond acceptors (Lipinski definition) is 6. The van der Waals surface area contributed by atoms with Crippen molar-refractivity contribution in [3.05, 3.63) is 144 Å². The Balaban J connectivity index is 1.51. The fourth-order valence-corrected chi connectivity index (χ4v) is 5.63. The molecule has 0 atom stereocenters. The first-order chi connectivity index (χ1) is 21.8. The van der Waals surface area contributed by atoms with Gasteiger partial charge in [0.25, 0.3) is 0 Å². The summed E-state index contributed by atoms with van der Waals surface area (Å²) < 4.78 is 7.37. The van der Waals surface area contributed by atoms with E-state index in [0.717, 1.165) is 55.3 Å². The smallest absolute Gasteiger partial charge is 0.332 e. The summed E-state index contributed by atoms with van der Waals surface area (Å²) in [6, 6.07) is 32.9. The summed E-state index contributed by atoms with van der Waals surface area (Å²) in [4.78, 5) is 42.4. The second kappa shape index (κ2) is 12.4.